The van der Waals surface area contributed by atoms with Gasteiger partial charge in [-0.05, 0) is 20.8 Å². The quantitative estimate of drug-likeness (QED) is 0.285. The molecule has 5 nitrogen and oxygen atoms in total. The predicted octanol–water partition coefficient (Wildman–Crippen LogP) is 0.0829. The van der Waals surface area contributed by atoms with Crippen molar-refractivity contribution in [3.05, 3.63) is 0 Å². The van der Waals surface area contributed by atoms with Gasteiger partial charge in [0.2, 0.25) is 0 Å². The van der Waals surface area contributed by atoms with E-state index in [2.05, 4.69) is 4.74 Å². The zero-order valence-electron chi connectivity index (χ0n) is 8.33. The molecule has 78 valence electrons. The Morgan fingerprint density at radius 3 is 2.29 bits per heavy atom. The van der Waals surface area contributed by atoms with Crippen molar-refractivity contribution in [2.24, 2.45) is 5.41 Å². The lowest BCUT2D eigenvalue weighted by atomic mass is 9.97. The molecule has 0 saturated carbocycles. The van der Waals surface area contributed by atoms with E-state index in [0.717, 1.165) is 0 Å². The number of terminal acetylenes is 1. The number of nitrogens with one attached hydrogen (secondary N) is 1. The summed E-state index contributed by atoms with van der Waals surface area (Å²) in [7, 11) is 0. The third-order valence-electron chi connectivity index (χ3n) is 1.34. The van der Waals surface area contributed by atoms with Crippen LogP contribution in [0.25, 0.3) is 0 Å². The normalized spacial score (nSPS) is 12.8. The van der Waals surface area contributed by atoms with E-state index < -0.39 is 23.4 Å². The molecule has 0 amide bonds. The zero-order chi connectivity index (χ0) is 11.4. The lowest BCUT2D eigenvalue weighted by Crippen LogP contribution is -2.38. The predicted molar refractivity (Wildman–Crippen MR) is 48.1 cm³/mol. The molecular weight excluding hydrogens is 186 g/mol. The fraction of sp³-hybridized carbons (Fsp3) is 0.556. The first-order chi connectivity index (χ1) is 6.32. The molecule has 2 N–H and O–H groups in total. The summed E-state index contributed by atoms with van der Waals surface area (Å²) >= 11 is 0. The summed E-state index contributed by atoms with van der Waals surface area (Å²) in [5.41, 5.74) is 0.758. The summed E-state index contributed by atoms with van der Waals surface area (Å²) in [6.45, 7) is 4.79. The van der Waals surface area contributed by atoms with Gasteiger partial charge >= 0.3 is 11.9 Å². The van der Waals surface area contributed by atoms with Crippen molar-refractivity contribution >= 4 is 11.9 Å². The largest absolute Gasteiger partial charge is 0.391 e. The van der Waals surface area contributed by atoms with E-state index in [1.165, 1.54) is 0 Å². The zero-order valence-corrected chi connectivity index (χ0v) is 8.33. The van der Waals surface area contributed by atoms with E-state index in [1.807, 2.05) is 5.92 Å². The molecule has 0 unspecified atom stereocenters. The summed E-state index contributed by atoms with van der Waals surface area (Å²) < 4.78 is 4.42. The third-order valence-corrected chi connectivity index (χ3v) is 1.34. The second kappa shape index (κ2) is 4.74. The lowest BCUT2D eigenvalue weighted by molar-refractivity contribution is -0.167. The van der Waals surface area contributed by atoms with Gasteiger partial charge in [0, 0.05) is 0 Å². The van der Waals surface area contributed by atoms with E-state index in [4.69, 9.17) is 11.6 Å². The van der Waals surface area contributed by atoms with Gasteiger partial charge < -0.3 is 9.94 Å². The summed E-state index contributed by atoms with van der Waals surface area (Å²) in [5.74, 6) is 0.233. The lowest BCUT2D eigenvalue weighted by Gasteiger charge is -2.16. The van der Waals surface area contributed by atoms with Crippen LogP contribution in [0, 0.1) is 17.8 Å². The van der Waals surface area contributed by atoms with Gasteiger partial charge in [-0.2, -0.15) is 5.48 Å². The minimum atomic E-state index is -1.32. The number of carbonyl (C=O) groups excluding carboxylic acids is 2. The average Bonchev–Trinajstić information content (AvgIpc) is 2.04. The molecule has 14 heavy (non-hydrogen) atoms. The molecule has 0 fully saturated rings. The molecular formula is C9H13NO4. The minimum absolute atomic E-state index is 0.696. The van der Waals surface area contributed by atoms with Gasteiger partial charge in [-0.15, -0.1) is 6.42 Å². The molecule has 0 spiro atoms. The maximum absolute atomic E-state index is 11.2. The number of rotatable bonds is 2. The number of hydroxylamine groups is 1. The Morgan fingerprint density at radius 2 is 2.00 bits per heavy atom. The number of esters is 2. The highest BCUT2D eigenvalue weighted by molar-refractivity contribution is 5.92. The van der Waals surface area contributed by atoms with Crippen LogP contribution >= 0.6 is 0 Å². The summed E-state index contributed by atoms with van der Waals surface area (Å²) in [4.78, 5) is 22.2. The van der Waals surface area contributed by atoms with Gasteiger partial charge in [0.25, 0.3) is 0 Å². The monoisotopic (exact) mass is 199 g/mol. The van der Waals surface area contributed by atoms with E-state index in [1.54, 1.807) is 26.3 Å². The molecule has 0 bridgehead atoms. The highest BCUT2D eigenvalue weighted by atomic mass is 16.6. The summed E-state index contributed by atoms with van der Waals surface area (Å²) in [6.07, 6.45) is 4.88. The van der Waals surface area contributed by atoms with Crippen molar-refractivity contribution in [3.63, 3.8) is 0 Å². The molecule has 0 aromatic heterocycles. The standard InChI is InChI=1S/C9H13NO4/c1-5-6(10-13)7(11)14-8(12)9(2,3)4/h1,6,10,13H,2-4H3/t6-/m0/s1. The molecule has 0 aliphatic rings. The fourth-order valence-electron chi connectivity index (χ4n) is 0.461. The van der Waals surface area contributed by atoms with Gasteiger partial charge in [-0.1, -0.05) is 5.92 Å². The van der Waals surface area contributed by atoms with Crippen molar-refractivity contribution in [2.75, 3.05) is 0 Å². The number of ether oxygens (including phenoxy) is 1. The molecule has 0 saturated heterocycles. The maximum atomic E-state index is 11.2. The second-order valence-corrected chi connectivity index (χ2v) is 3.69. The smallest absolute Gasteiger partial charge is 0.345 e. The van der Waals surface area contributed by atoms with Crippen LogP contribution in [0.1, 0.15) is 20.8 Å². The molecule has 0 heterocycles. The van der Waals surface area contributed by atoms with E-state index in [9.17, 15) is 9.59 Å². The molecule has 0 aliphatic heterocycles. The molecule has 1 atom stereocenters. The van der Waals surface area contributed by atoms with Crippen LogP contribution in [0.2, 0.25) is 0 Å². The topological polar surface area (TPSA) is 75.6 Å². The van der Waals surface area contributed by atoms with E-state index in [-0.39, 0.29) is 0 Å². The average molecular weight is 199 g/mol. The first-order valence-electron chi connectivity index (χ1n) is 3.94. The van der Waals surface area contributed by atoms with Crippen LogP contribution in [0.4, 0.5) is 0 Å². The van der Waals surface area contributed by atoms with Gasteiger partial charge in [-0.3, -0.25) is 4.79 Å². The highest BCUT2D eigenvalue weighted by Crippen LogP contribution is 2.15. The Bertz CT molecular complexity index is 272. The number of hydrogen-bond acceptors (Lipinski definition) is 5. The van der Waals surface area contributed by atoms with E-state index >= 15 is 0 Å². The maximum Gasteiger partial charge on any atom is 0.345 e. The number of carbonyl (C=O) groups is 2. The molecule has 0 rings (SSSR count). The Kier molecular flexibility index (Phi) is 4.28. The Labute approximate surface area is 82.4 Å². The summed E-state index contributed by atoms with van der Waals surface area (Å²) in [6, 6.07) is -1.32. The van der Waals surface area contributed by atoms with Gasteiger partial charge in [0.1, 0.15) is 0 Å². The van der Waals surface area contributed by atoms with Crippen LogP contribution in [0.15, 0.2) is 0 Å². The van der Waals surface area contributed by atoms with Crippen LogP contribution in [0.5, 0.6) is 0 Å². The van der Waals surface area contributed by atoms with Crippen LogP contribution < -0.4 is 5.48 Å². The molecule has 5 heteroatoms. The second-order valence-electron chi connectivity index (χ2n) is 3.69. The number of hydrogen-bond donors (Lipinski definition) is 2. The van der Waals surface area contributed by atoms with Crippen LogP contribution in [0.3, 0.4) is 0 Å². The van der Waals surface area contributed by atoms with Crippen molar-refractivity contribution < 1.29 is 19.5 Å². The Balaban J connectivity index is 4.35. The van der Waals surface area contributed by atoms with Crippen LogP contribution in [-0.2, 0) is 14.3 Å². The molecule has 0 aliphatic carbocycles. The molecule has 0 aromatic carbocycles. The Hall–Kier alpha value is -1.38. The Morgan fingerprint density at radius 1 is 1.50 bits per heavy atom. The summed E-state index contributed by atoms with van der Waals surface area (Å²) in [5, 5.41) is 8.41. The first-order valence-corrected chi connectivity index (χ1v) is 3.94. The minimum Gasteiger partial charge on any atom is -0.391 e. The highest BCUT2D eigenvalue weighted by Gasteiger charge is 2.28. The fourth-order valence-corrected chi connectivity index (χ4v) is 0.461. The van der Waals surface area contributed by atoms with Gasteiger partial charge in [-0.25, -0.2) is 4.79 Å². The SMILES string of the molecule is C#C[C@H](NO)C(=O)OC(=O)C(C)(C)C. The van der Waals surface area contributed by atoms with Crippen molar-refractivity contribution in [1.82, 2.24) is 5.48 Å². The van der Waals surface area contributed by atoms with Crippen molar-refractivity contribution in [1.29, 1.82) is 0 Å². The first kappa shape index (κ1) is 12.6. The van der Waals surface area contributed by atoms with Crippen LogP contribution in [-0.4, -0.2) is 23.2 Å². The molecule has 0 aromatic rings. The van der Waals surface area contributed by atoms with Gasteiger partial charge in [0.05, 0.1) is 5.41 Å². The van der Waals surface area contributed by atoms with Crippen molar-refractivity contribution in [3.8, 4) is 12.3 Å². The van der Waals surface area contributed by atoms with E-state index in [0.29, 0.717) is 0 Å². The molecule has 0 radical (unpaired) electrons. The third kappa shape index (κ3) is 3.56. The van der Waals surface area contributed by atoms with Gasteiger partial charge in [0.15, 0.2) is 6.04 Å². The van der Waals surface area contributed by atoms with Crippen molar-refractivity contribution in [2.45, 2.75) is 26.8 Å².